The number of nitrogens with zero attached hydrogens (tertiary/aromatic N) is 2. The van der Waals surface area contributed by atoms with Gasteiger partial charge in [-0.15, -0.1) is 0 Å². The Hall–Kier alpha value is -1.43. The third kappa shape index (κ3) is 2.25. The lowest BCUT2D eigenvalue weighted by Gasteiger charge is -2.15. The first kappa shape index (κ1) is 14.0. The highest BCUT2D eigenvalue weighted by Crippen LogP contribution is 2.41. The molecule has 0 aliphatic heterocycles. The van der Waals surface area contributed by atoms with Crippen LogP contribution in [0, 0.1) is 0 Å². The van der Waals surface area contributed by atoms with Gasteiger partial charge in [0.15, 0.2) is 0 Å². The third-order valence-corrected chi connectivity index (χ3v) is 3.61. The molecule has 0 aliphatic rings. The Bertz CT molecular complexity index is 619. The van der Waals surface area contributed by atoms with Crippen molar-refractivity contribution in [1.82, 2.24) is 9.55 Å². The molecule has 0 aliphatic carbocycles. The molecule has 104 valence electrons. The van der Waals surface area contributed by atoms with Crippen LogP contribution in [0.15, 0.2) is 12.4 Å². The Morgan fingerprint density at radius 1 is 1.47 bits per heavy atom. The van der Waals surface area contributed by atoms with Gasteiger partial charge in [-0.05, 0) is 19.4 Å². The van der Waals surface area contributed by atoms with E-state index in [1.807, 2.05) is 13.8 Å². The smallest absolute Gasteiger partial charge is 0.396 e. The summed E-state index contributed by atoms with van der Waals surface area (Å²) in [6.07, 6.45) is -2.24. The van der Waals surface area contributed by atoms with Crippen molar-refractivity contribution in [3.05, 3.63) is 23.0 Å². The molecule has 2 aromatic rings. The lowest BCUT2D eigenvalue weighted by atomic mass is 10.1. The molecule has 0 amide bonds. The van der Waals surface area contributed by atoms with Gasteiger partial charge in [0, 0.05) is 6.04 Å². The summed E-state index contributed by atoms with van der Waals surface area (Å²) in [6, 6.07) is 1.02. The summed E-state index contributed by atoms with van der Waals surface area (Å²) < 4.78 is 40.2. The zero-order valence-corrected chi connectivity index (χ0v) is 11.2. The summed E-state index contributed by atoms with van der Waals surface area (Å²) in [7, 11) is 0. The molecule has 1 aromatic carbocycles. The standard InChI is InChI=1S/C12H13ClF3N3/c1-3-6(2)19-5-18-8-4-7(12(14,15)16)9(13)10(17)11(8)19/h4-6H,3,17H2,1-2H3. The van der Waals surface area contributed by atoms with Crippen LogP contribution in [0.4, 0.5) is 18.9 Å². The van der Waals surface area contributed by atoms with Gasteiger partial charge in [-0.2, -0.15) is 13.2 Å². The van der Waals surface area contributed by atoms with E-state index < -0.39 is 16.8 Å². The molecule has 1 atom stereocenters. The second-order valence-corrected chi connectivity index (χ2v) is 4.80. The number of hydrogen-bond donors (Lipinski definition) is 1. The maximum absolute atomic E-state index is 12.8. The minimum atomic E-state index is -4.54. The van der Waals surface area contributed by atoms with E-state index in [1.54, 1.807) is 4.57 Å². The Morgan fingerprint density at radius 3 is 2.63 bits per heavy atom. The van der Waals surface area contributed by atoms with Crippen molar-refractivity contribution in [3.63, 3.8) is 0 Å². The molecule has 0 bridgehead atoms. The van der Waals surface area contributed by atoms with E-state index in [1.165, 1.54) is 6.33 Å². The van der Waals surface area contributed by atoms with Crippen molar-refractivity contribution in [3.8, 4) is 0 Å². The van der Waals surface area contributed by atoms with Gasteiger partial charge < -0.3 is 10.3 Å². The lowest BCUT2D eigenvalue weighted by molar-refractivity contribution is -0.137. The molecule has 1 unspecified atom stereocenters. The summed E-state index contributed by atoms with van der Waals surface area (Å²) in [5.41, 5.74) is 5.39. The molecule has 1 heterocycles. The van der Waals surface area contributed by atoms with E-state index in [4.69, 9.17) is 17.3 Å². The highest BCUT2D eigenvalue weighted by atomic mass is 35.5. The van der Waals surface area contributed by atoms with Crippen molar-refractivity contribution in [2.75, 3.05) is 5.73 Å². The number of benzene rings is 1. The number of imidazole rings is 1. The molecule has 0 saturated carbocycles. The average molecular weight is 292 g/mol. The number of hydrogen-bond acceptors (Lipinski definition) is 2. The second-order valence-electron chi connectivity index (χ2n) is 4.43. The van der Waals surface area contributed by atoms with Crippen LogP contribution < -0.4 is 5.73 Å². The highest BCUT2D eigenvalue weighted by molar-refractivity contribution is 6.35. The number of halogens is 4. The van der Waals surface area contributed by atoms with Crippen molar-refractivity contribution in [2.45, 2.75) is 32.5 Å². The molecule has 2 N–H and O–H groups in total. The topological polar surface area (TPSA) is 43.8 Å². The third-order valence-electron chi connectivity index (χ3n) is 3.20. The number of nitrogen functional groups attached to an aromatic ring is 1. The fourth-order valence-corrected chi connectivity index (χ4v) is 2.20. The first-order chi connectivity index (χ1) is 8.77. The highest BCUT2D eigenvalue weighted by Gasteiger charge is 2.35. The van der Waals surface area contributed by atoms with Crippen LogP contribution in [0.1, 0.15) is 31.9 Å². The predicted molar refractivity (Wildman–Crippen MR) is 69.2 cm³/mol. The molecular formula is C12H13ClF3N3. The van der Waals surface area contributed by atoms with E-state index in [9.17, 15) is 13.2 Å². The van der Waals surface area contributed by atoms with Gasteiger partial charge in [0.05, 0.1) is 33.6 Å². The largest absolute Gasteiger partial charge is 0.418 e. The normalized spacial score (nSPS) is 14.0. The molecule has 0 spiro atoms. The van der Waals surface area contributed by atoms with Crippen LogP contribution in [0.25, 0.3) is 11.0 Å². The summed E-state index contributed by atoms with van der Waals surface area (Å²) in [5.74, 6) is 0. The Balaban J connectivity index is 2.76. The van der Waals surface area contributed by atoms with E-state index in [2.05, 4.69) is 4.98 Å². The summed E-state index contributed by atoms with van der Waals surface area (Å²) in [5, 5.41) is -0.468. The number of rotatable bonds is 2. The van der Waals surface area contributed by atoms with Gasteiger partial charge in [0.1, 0.15) is 0 Å². The van der Waals surface area contributed by atoms with Gasteiger partial charge in [-0.25, -0.2) is 4.98 Å². The van der Waals surface area contributed by atoms with Crippen LogP contribution in [0.3, 0.4) is 0 Å². The summed E-state index contributed by atoms with van der Waals surface area (Å²) in [6.45, 7) is 3.91. The monoisotopic (exact) mass is 291 g/mol. The average Bonchev–Trinajstić information content (AvgIpc) is 2.75. The molecule has 1 aromatic heterocycles. The second kappa shape index (κ2) is 4.59. The first-order valence-corrected chi connectivity index (χ1v) is 6.16. The molecular weight excluding hydrogens is 279 g/mol. The minimum absolute atomic E-state index is 0.0794. The van der Waals surface area contributed by atoms with Gasteiger partial charge in [0.2, 0.25) is 0 Å². The Kier molecular flexibility index (Phi) is 3.38. The number of alkyl halides is 3. The predicted octanol–water partition coefficient (Wildman–Crippen LogP) is 4.26. The maximum Gasteiger partial charge on any atom is 0.418 e. The van der Waals surface area contributed by atoms with Crippen LogP contribution in [-0.2, 0) is 6.18 Å². The molecule has 7 heteroatoms. The van der Waals surface area contributed by atoms with Crippen LogP contribution in [0.2, 0.25) is 5.02 Å². The lowest BCUT2D eigenvalue weighted by Crippen LogP contribution is -2.09. The molecule has 0 fully saturated rings. The fraction of sp³-hybridized carbons (Fsp3) is 0.417. The SMILES string of the molecule is CCC(C)n1cnc2cc(C(F)(F)F)c(Cl)c(N)c21. The van der Waals surface area contributed by atoms with Gasteiger partial charge in [-0.1, -0.05) is 18.5 Å². The van der Waals surface area contributed by atoms with Crippen LogP contribution >= 0.6 is 11.6 Å². The first-order valence-electron chi connectivity index (χ1n) is 5.79. The Labute approximate surface area is 113 Å². The van der Waals surface area contributed by atoms with Crippen molar-refractivity contribution in [2.24, 2.45) is 0 Å². The zero-order valence-electron chi connectivity index (χ0n) is 10.4. The van der Waals surface area contributed by atoms with E-state index in [0.717, 1.165) is 12.5 Å². The summed E-state index contributed by atoms with van der Waals surface area (Å²) >= 11 is 5.75. The molecule has 19 heavy (non-hydrogen) atoms. The number of fused-ring (bicyclic) bond motifs is 1. The quantitative estimate of drug-likeness (QED) is 0.840. The van der Waals surface area contributed by atoms with Crippen molar-refractivity contribution >= 4 is 28.3 Å². The van der Waals surface area contributed by atoms with Crippen LogP contribution in [-0.4, -0.2) is 9.55 Å². The molecule has 3 nitrogen and oxygen atoms in total. The van der Waals surface area contributed by atoms with Gasteiger partial charge >= 0.3 is 6.18 Å². The number of aromatic nitrogens is 2. The van der Waals surface area contributed by atoms with Gasteiger partial charge in [-0.3, -0.25) is 0 Å². The maximum atomic E-state index is 12.8. The number of nitrogens with two attached hydrogens (primary N) is 1. The number of anilines is 1. The van der Waals surface area contributed by atoms with E-state index >= 15 is 0 Å². The zero-order chi connectivity index (χ0) is 14.4. The van der Waals surface area contributed by atoms with Gasteiger partial charge in [0.25, 0.3) is 0 Å². The summed E-state index contributed by atoms with van der Waals surface area (Å²) in [4.78, 5) is 3.99. The minimum Gasteiger partial charge on any atom is -0.396 e. The Morgan fingerprint density at radius 2 is 2.11 bits per heavy atom. The van der Waals surface area contributed by atoms with Crippen molar-refractivity contribution in [1.29, 1.82) is 0 Å². The molecule has 0 saturated heterocycles. The van der Waals surface area contributed by atoms with E-state index in [-0.39, 0.29) is 17.2 Å². The molecule has 2 rings (SSSR count). The van der Waals surface area contributed by atoms with Crippen LogP contribution in [0.5, 0.6) is 0 Å². The fourth-order valence-electron chi connectivity index (χ4n) is 1.94. The molecule has 0 radical (unpaired) electrons. The van der Waals surface area contributed by atoms with Crippen molar-refractivity contribution < 1.29 is 13.2 Å². The van der Waals surface area contributed by atoms with E-state index in [0.29, 0.717) is 5.52 Å².